The Morgan fingerprint density at radius 2 is 1.96 bits per heavy atom. The quantitative estimate of drug-likeness (QED) is 0.308. The van der Waals surface area contributed by atoms with Crippen molar-refractivity contribution in [2.75, 3.05) is 5.32 Å². The molecule has 1 aromatic heterocycles. The Balaban J connectivity index is 1.33. The zero-order valence-corrected chi connectivity index (χ0v) is 16.9. The Morgan fingerprint density at radius 1 is 1.11 bits per heavy atom. The Labute approximate surface area is 172 Å². The number of hydrogen-bond donors (Lipinski definition) is 3. The van der Waals surface area contributed by atoms with Gasteiger partial charge in [0, 0.05) is 17.1 Å². The number of anilines is 1. The van der Waals surface area contributed by atoms with Gasteiger partial charge in [0.05, 0.1) is 15.2 Å². The van der Waals surface area contributed by atoms with Gasteiger partial charge in [-0.05, 0) is 61.8 Å². The van der Waals surface area contributed by atoms with Gasteiger partial charge in [-0.15, -0.1) is 11.3 Å². The van der Waals surface area contributed by atoms with Gasteiger partial charge in [-0.3, -0.25) is 15.6 Å². The SMILES string of the molecule is O=C(CCCCc1nc2ccccc2s1)NNC(=S)Nc1cccc(Cl)c1. The molecule has 0 spiro atoms. The van der Waals surface area contributed by atoms with Crippen LogP contribution in [0.5, 0.6) is 0 Å². The minimum absolute atomic E-state index is 0.102. The van der Waals surface area contributed by atoms with Crippen molar-refractivity contribution in [2.45, 2.75) is 25.7 Å². The van der Waals surface area contributed by atoms with Crippen LogP contribution in [0.2, 0.25) is 5.02 Å². The van der Waals surface area contributed by atoms with E-state index in [4.69, 9.17) is 23.8 Å². The number of nitrogens with zero attached hydrogens (tertiary/aromatic N) is 1. The fourth-order valence-corrected chi connectivity index (χ4v) is 3.87. The molecule has 0 atom stereocenters. The number of nitrogens with one attached hydrogen (secondary N) is 3. The number of benzene rings is 2. The van der Waals surface area contributed by atoms with Gasteiger partial charge < -0.3 is 5.32 Å². The number of halogens is 1. The van der Waals surface area contributed by atoms with E-state index in [1.54, 1.807) is 23.5 Å². The maximum Gasteiger partial charge on any atom is 0.238 e. The van der Waals surface area contributed by atoms with Crippen molar-refractivity contribution < 1.29 is 4.79 Å². The summed E-state index contributed by atoms with van der Waals surface area (Å²) in [5, 5.41) is 4.98. The normalized spacial score (nSPS) is 10.6. The second-order valence-corrected chi connectivity index (χ2v) is 7.88. The number of unbranched alkanes of at least 4 members (excludes halogenated alkanes) is 1. The number of hydrogen-bond acceptors (Lipinski definition) is 4. The van der Waals surface area contributed by atoms with E-state index in [1.165, 1.54) is 4.70 Å². The Morgan fingerprint density at radius 3 is 2.78 bits per heavy atom. The Bertz CT molecular complexity index is 911. The molecule has 2 aromatic carbocycles. The highest BCUT2D eigenvalue weighted by atomic mass is 35.5. The van der Waals surface area contributed by atoms with E-state index in [1.807, 2.05) is 30.3 Å². The third-order valence-electron chi connectivity index (χ3n) is 3.78. The van der Waals surface area contributed by atoms with Crippen LogP contribution in [0.4, 0.5) is 5.69 Å². The molecule has 140 valence electrons. The lowest BCUT2D eigenvalue weighted by Gasteiger charge is -2.11. The molecule has 0 aliphatic carbocycles. The van der Waals surface area contributed by atoms with Crippen LogP contribution >= 0.6 is 35.2 Å². The monoisotopic (exact) mass is 418 g/mol. The molecular formula is C19H19ClN4OS2. The van der Waals surface area contributed by atoms with Gasteiger partial charge >= 0.3 is 0 Å². The van der Waals surface area contributed by atoms with Crippen LogP contribution < -0.4 is 16.2 Å². The summed E-state index contributed by atoms with van der Waals surface area (Å²) in [5.74, 6) is -0.102. The van der Waals surface area contributed by atoms with E-state index < -0.39 is 0 Å². The Hall–Kier alpha value is -2.22. The Kier molecular flexibility index (Phi) is 6.98. The molecule has 0 aliphatic rings. The molecule has 0 saturated heterocycles. The number of aryl methyl sites for hydroxylation is 1. The van der Waals surface area contributed by atoms with Gasteiger partial charge in [0.1, 0.15) is 0 Å². The molecule has 0 saturated carbocycles. The summed E-state index contributed by atoms with van der Waals surface area (Å²) in [5.41, 5.74) is 7.09. The number of fused-ring (bicyclic) bond motifs is 1. The van der Waals surface area contributed by atoms with E-state index in [2.05, 4.69) is 27.2 Å². The number of amides is 1. The highest BCUT2D eigenvalue weighted by molar-refractivity contribution is 7.80. The smallest absolute Gasteiger partial charge is 0.238 e. The molecule has 8 heteroatoms. The predicted octanol–water partition coefficient (Wildman–Crippen LogP) is 4.68. The van der Waals surface area contributed by atoms with Crippen molar-refractivity contribution in [1.82, 2.24) is 15.8 Å². The molecule has 0 fully saturated rings. The molecule has 1 heterocycles. The molecule has 1 amide bonds. The third-order valence-corrected chi connectivity index (χ3v) is 5.32. The fourth-order valence-electron chi connectivity index (χ4n) is 2.51. The van der Waals surface area contributed by atoms with Crippen molar-refractivity contribution in [1.29, 1.82) is 0 Å². The molecule has 3 N–H and O–H groups in total. The van der Waals surface area contributed by atoms with E-state index in [9.17, 15) is 4.79 Å². The van der Waals surface area contributed by atoms with Crippen molar-refractivity contribution in [3.8, 4) is 0 Å². The second-order valence-electron chi connectivity index (χ2n) is 5.92. The topological polar surface area (TPSA) is 66.0 Å². The first-order chi connectivity index (χ1) is 13.1. The van der Waals surface area contributed by atoms with E-state index in [0.717, 1.165) is 35.5 Å². The molecule has 0 bridgehead atoms. The van der Waals surface area contributed by atoms with Crippen molar-refractivity contribution in [2.24, 2.45) is 0 Å². The summed E-state index contributed by atoms with van der Waals surface area (Å²) in [6, 6.07) is 15.3. The fraction of sp³-hybridized carbons (Fsp3) is 0.211. The standard InChI is InChI=1S/C19H19ClN4OS2/c20-13-6-5-7-14(12-13)21-19(26)24-23-17(25)10-3-4-11-18-22-15-8-1-2-9-16(15)27-18/h1-2,5-9,12H,3-4,10-11H2,(H,23,25)(H2,21,24,26). The first-order valence-electron chi connectivity index (χ1n) is 8.56. The number of hydrazine groups is 1. The number of para-hydroxylation sites is 1. The van der Waals surface area contributed by atoms with Crippen molar-refractivity contribution in [3.05, 3.63) is 58.6 Å². The largest absolute Gasteiger partial charge is 0.331 e. The molecule has 0 aliphatic heterocycles. The first-order valence-corrected chi connectivity index (χ1v) is 10.2. The number of aromatic nitrogens is 1. The van der Waals surface area contributed by atoms with Crippen LogP contribution in [0.3, 0.4) is 0 Å². The first kappa shape index (κ1) is 19.5. The highest BCUT2D eigenvalue weighted by Gasteiger charge is 2.05. The van der Waals surface area contributed by atoms with Crippen LogP contribution in [-0.4, -0.2) is 16.0 Å². The average Bonchev–Trinajstić information content (AvgIpc) is 3.06. The van der Waals surface area contributed by atoms with Gasteiger partial charge in [0.2, 0.25) is 5.91 Å². The lowest BCUT2D eigenvalue weighted by Crippen LogP contribution is -2.43. The third kappa shape index (κ3) is 6.16. The second kappa shape index (κ2) is 9.64. The van der Waals surface area contributed by atoms with Crippen LogP contribution in [-0.2, 0) is 11.2 Å². The summed E-state index contributed by atoms with van der Waals surface area (Å²) in [7, 11) is 0. The average molecular weight is 419 g/mol. The highest BCUT2D eigenvalue weighted by Crippen LogP contribution is 2.22. The van der Waals surface area contributed by atoms with Gasteiger partial charge in [-0.25, -0.2) is 4.98 Å². The van der Waals surface area contributed by atoms with E-state index in [-0.39, 0.29) is 5.91 Å². The van der Waals surface area contributed by atoms with Crippen LogP contribution in [0.1, 0.15) is 24.3 Å². The maximum atomic E-state index is 11.9. The summed E-state index contributed by atoms with van der Waals surface area (Å²) >= 11 is 12.8. The van der Waals surface area contributed by atoms with Gasteiger partial charge in [0.15, 0.2) is 5.11 Å². The summed E-state index contributed by atoms with van der Waals surface area (Å²) in [6.07, 6.45) is 3.02. The molecule has 0 unspecified atom stereocenters. The summed E-state index contributed by atoms with van der Waals surface area (Å²) in [6.45, 7) is 0. The minimum Gasteiger partial charge on any atom is -0.331 e. The lowest BCUT2D eigenvalue weighted by molar-refractivity contribution is -0.121. The number of carbonyl (C=O) groups is 1. The minimum atomic E-state index is -0.102. The molecule has 3 rings (SSSR count). The number of thiocarbonyl (C=S) groups is 1. The summed E-state index contributed by atoms with van der Waals surface area (Å²) in [4.78, 5) is 16.5. The summed E-state index contributed by atoms with van der Waals surface area (Å²) < 4.78 is 1.20. The van der Waals surface area contributed by atoms with Crippen LogP contribution in [0, 0.1) is 0 Å². The van der Waals surface area contributed by atoms with Gasteiger partial charge in [-0.1, -0.05) is 29.8 Å². The molecule has 3 aromatic rings. The number of carbonyl (C=O) groups excluding carboxylic acids is 1. The van der Waals surface area contributed by atoms with Crippen molar-refractivity contribution >= 4 is 62.1 Å². The molecule has 0 radical (unpaired) electrons. The van der Waals surface area contributed by atoms with E-state index >= 15 is 0 Å². The number of thiazole rings is 1. The molecular weight excluding hydrogens is 400 g/mol. The van der Waals surface area contributed by atoms with Gasteiger partial charge in [0.25, 0.3) is 0 Å². The molecule has 27 heavy (non-hydrogen) atoms. The van der Waals surface area contributed by atoms with E-state index in [0.29, 0.717) is 16.6 Å². The van der Waals surface area contributed by atoms with Crippen LogP contribution in [0.25, 0.3) is 10.2 Å². The maximum absolute atomic E-state index is 11.9. The lowest BCUT2D eigenvalue weighted by atomic mass is 10.2. The number of rotatable bonds is 6. The van der Waals surface area contributed by atoms with Crippen LogP contribution in [0.15, 0.2) is 48.5 Å². The zero-order chi connectivity index (χ0) is 19.1. The van der Waals surface area contributed by atoms with Gasteiger partial charge in [-0.2, -0.15) is 0 Å². The predicted molar refractivity (Wildman–Crippen MR) is 116 cm³/mol. The van der Waals surface area contributed by atoms with Crippen molar-refractivity contribution in [3.63, 3.8) is 0 Å². The molecule has 5 nitrogen and oxygen atoms in total. The zero-order valence-electron chi connectivity index (χ0n) is 14.5.